The highest BCUT2D eigenvalue weighted by Crippen LogP contribution is 2.32. The molecular weight excluding hydrogens is 348 g/mol. The fourth-order valence-electron chi connectivity index (χ4n) is 4.51. The molecule has 1 N–H and O–H groups in total. The van der Waals surface area contributed by atoms with E-state index in [4.69, 9.17) is 0 Å². The maximum absolute atomic E-state index is 13.0. The molecule has 1 aliphatic heterocycles. The molecule has 1 fully saturated rings. The summed E-state index contributed by atoms with van der Waals surface area (Å²) in [5, 5.41) is 3.04. The van der Waals surface area contributed by atoms with Crippen molar-refractivity contribution in [3.8, 4) is 0 Å². The van der Waals surface area contributed by atoms with Gasteiger partial charge in [0.15, 0.2) is 0 Å². The maximum atomic E-state index is 13.0. The minimum absolute atomic E-state index is 0.00615. The van der Waals surface area contributed by atoms with E-state index in [1.54, 1.807) is 0 Å². The number of hydrogen-bond acceptors (Lipinski definition) is 2. The van der Waals surface area contributed by atoms with Gasteiger partial charge in [0, 0.05) is 30.6 Å². The Morgan fingerprint density at radius 2 is 1.64 bits per heavy atom. The number of rotatable bonds is 3. The summed E-state index contributed by atoms with van der Waals surface area (Å²) in [5.74, 6) is 0.426. The summed E-state index contributed by atoms with van der Waals surface area (Å²) in [5.41, 5.74) is 4.63. The van der Waals surface area contributed by atoms with Crippen molar-refractivity contribution in [2.75, 3.05) is 11.9 Å². The Morgan fingerprint density at radius 1 is 0.929 bits per heavy atom. The first-order valence-electron chi connectivity index (χ1n) is 10.3. The van der Waals surface area contributed by atoms with Gasteiger partial charge in [-0.3, -0.25) is 9.59 Å². The highest BCUT2D eigenvalue weighted by molar-refractivity contribution is 5.92. The Morgan fingerprint density at radius 3 is 2.39 bits per heavy atom. The third-order valence-electron chi connectivity index (χ3n) is 6.18. The van der Waals surface area contributed by atoms with E-state index in [-0.39, 0.29) is 23.7 Å². The molecule has 0 radical (unpaired) electrons. The van der Waals surface area contributed by atoms with E-state index in [1.807, 2.05) is 42.2 Å². The lowest BCUT2D eigenvalue weighted by molar-refractivity contribution is -0.138. The lowest BCUT2D eigenvalue weighted by Gasteiger charge is -2.34. The van der Waals surface area contributed by atoms with Gasteiger partial charge in [0.2, 0.25) is 11.8 Å². The molecule has 0 atom stereocenters. The van der Waals surface area contributed by atoms with Gasteiger partial charge in [0.1, 0.15) is 0 Å². The Bertz CT molecular complexity index is 868. The zero-order valence-electron chi connectivity index (χ0n) is 16.5. The molecule has 1 heterocycles. The fourth-order valence-corrected chi connectivity index (χ4v) is 4.51. The first-order chi connectivity index (χ1) is 13.6. The molecule has 0 spiro atoms. The van der Waals surface area contributed by atoms with Gasteiger partial charge in [-0.1, -0.05) is 36.4 Å². The minimum Gasteiger partial charge on any atom is -0.338 e. The van der Waals surface area contributed by atoms with Crippen LogP contribution in [-0.2, 0) is 22.6 Å². The fraction of sp³-hybridized carbons (Fsp3) is 0.417. The number of carbonyl (C=O) groups excluding carboxylic acids is 2. The highest BCUT2D eigenvalue weighted by atomic mass is 16.2. The second kappa shape index (κ2) is 8.17. The van der Waals surface area contributed by atoms with Crippen LogP contribution in [0.5, 0.6) is 0 Å². The largest absolute Gasteiger partial charge is 0.338 e. The molecule has 2 aliphatic rings. The van der Waals surface area contributed by atoms with Crippen molar-refractivity contribution in [3.63, 3.8) is 0 Å². The molecule has 146 valence electrons. The summed E-state index contributed by atoms with van der Waals surface area (Å²) in [4.78, 5) is 27.6. The van der Waals surface area contributed by atoms with E-state index in [0.717, 1.165) is 56.4 Å². The summed E-state index contributed by atoms with van der Waals surface area (Å²) >= 11 is 0. The van der Waals surface area contributed by atoms with Gasteiger partial charge >= 0.3 is 0 Å². The number of amides is 2. The first-order valence-corrected chi connectivity index (χ1v) is 10.3. The molecule has 0 unspecified atom stereocenters. The second-order valence-electron chi connectivity index (χ2n) is 8.19. The van der Waals surface area contributed by atoms with Crippen molar-refractivity contribution in [3.05, 3.63) is 65.2 Å². The van der Waals surface area contributed by atoms with Gasteiger partial charge in [-0.25, -0.2) is 0 Å². The van der Waals surface area contributed by atoms with Crippen LogP contribution in [0.4, 0.5) is 5.69 Å². The zero-order chi connectivity index (χ0) is 19.5. The molecule has 0 bridgehead atoms. The number of nitrogens with zero attached hydrogens (tertiary/aromatic N) is 1. The van der Waals surface area contributed by atoms with Crippen molar-refractivity contribution in [2.45, 2.75) is 45.6 Å². The summed E-state index contributed by atoms with van der Waals surface area (Å²) < 4.78 is 0. The number of benzene rings is 2. The topological polar surface area (TPSA) is 49.4 Å². The van der Waals surface area contributed by atoms with Crippen molar-refractivity contribution in [2.24, 2.45) is 11.8 Å². The average Bonchev–Trinajstić information content (AvgIpc) is 2.73. The normalized spacial score (nSPS) is 21.7. The number of carbonyl (C=O) groups is 2. The minimum atomic E-state index is 0.00615. The second-order valence-corrected chi connectivity index (χ2v) is 8.19. The third kappa shape index (κ3) is 4.11. The van der Waals surface area contributed by atoms with E-state index in [0.29, 0.717) is 0 Å². The van der Waals surface area contributed by atoms with Crippen LogP contribution in [-0.4, -0.2) is 23.3 Å². The van der Waals surface area contributed by atoms with Crippen molar-refractivity contribution in [1.82, 2.24) is 4.90 Å². The van der Waals surface area contributed by atoms with Crippen LogP contribution in [0.1, 0.15) is 42.4 Å². The highest BCUT2D eigenvalue weighted by Gasteiger charge is 2.33. The monoisotopic (exact) mass is 376 g/mol. The van der Waals surface area contributed by atoms with Crippen LogP contribution in [0.3, 0.4) is 0 Å². The lowest BCUT2D eigenvalue weighted by atomic mass is 9.80. The van der Waals surface area contributed by atoms with E-state index in [2.05, 4.69) is 23.5 Å². The van der Waals surface area contributed by atoms with Crippen LogP contribution in [0.15, 0.2) is 48.5 Å². The van der Waals surface area contributed by atoms with E-state index < -0.39 is 0 Å². The van der Waals surface area contributed by atoms with Gasteiger partial charge in [0.05, 0.1) is 0 Å². The lowest BCUT2D eigenvalue weighted by Crippen LogP contribution is -2.41. The van der Waals surface area contributed by atoms with Gasteiger partial charge in [-0.05, 0) is 67.9 Å². The third-order valence-corrected chi connectivity index (χ3v) is 6.18. The van der Waals surface area contributed by atoms with E-state index in [9.17, 15) is 9.59 Å². The standard InChI is InChI=1S/C24H28N2O2/c1-17-5-4-8-22(15-17)25-23(27)19-9-11-20(12-10-19)24(28)26-14-13-18-6-2-3-7-21(18)16-26/h2-8,15,19-20H,9-14,16H2,1H3,(H,25,27). The Kier molecular flexibility index (Phi) is 5.47. The van der Waals surface area contributed by atoms with E-state index in [1.165, 1.54) is 11.1 Å². The van der Waals surface area contributed by atoms with Gasteiger partial charge in [-0.15, -0.1) is 0 Å². The van der Waals surface area contributed by atoms with Crippen molar-refractivity contribution in [1.29, 1.82) is 0 Å². The zero-order valence-corrected chi connectivity index (χ0v) is 16.5. The number of anilines is 1. The molecule has 2 aromatic rings. The molecule has 0 aromatic heterocycles. The Hall–Kier alpha value is -2.62. The molecule has 28 heavy (non-hydrogen) atoms. The molecule has 2 aromatic carbocycles. The molecule has 4 nitrogen and oxygen atoms in total. The van der Waals surface area contributed by atoms with Gasteiger partial charge in [-0.2, -0.15) is 0 Å². The van der Waals surface area contributed by atoms with Crippen molar-refractivity contribution < 1.29 is 9.59 Å². The number of fused-ring (bicyclic) bond motifs is 1. The summed E-state index contributed by atoms with van der Waals surface area (Å²) in [7, 11) is 0. The summed E-state index contributed by atoms with van der Waals surface area (Å²) in [6.45, 7) is 3.55. The van der Waals surface area contributed by atoms with Crippen LogP contribution >= 0.6 is 0 Å². The number of aryl methyl sites for hydroxylation is 1. The molecular formula is C24H28N2O2. The summed E-state index contributed by atoms with van der Waals surface area (Å²) in [6, 6.07) is 16.3. The van der Waals surface area contributed by atoms with Crippen LogP contribution < -0.4 is 5.32 Å². The number of nitrogens with one attached hydrogen (secondary N) is 1. The Labute approximate surface area is 166 Å². The predicted molar refractivity (Wildman–Crippen MR) is 111 cm³/mol. The molecule has 4 rings (SSSR count). The SMILES string of the molecule is Cc1cccc(NC(=O)C2CCC(C(=O)N3CCc4ccccc4C3)CC2)c1. The average molecular weight is 377 g/mol. The quantitative estimate of drug-likeness (QED) is 0.867. The molecule has 1 aliphatic carbocycles. The van der Waals surface area contributed by atoms with Crippen molar-refractivity contribution >= 4 is 17.5 Å². The van der Waals surface area contributed by atoms with Gasteiger partial charge in [0.25, 0.3) is 0 Å². The molecule has 2 amide bonds. The molecule has 1 saturated carbocycles. The molecule has 4 heteroatoms. The van der Waals surface area contributed by atoms with Crippen LogP contribution in [0.2, 0.25) is 0 Å². The maximum Gasteiger partial charge on any atom is 0.227 e. The smallest absolute Gasteiger partial charge is 0.227 e. The predicted octanol–water partition coefficient (Wildman–Crippen LogP) is 4.32. The first kappa shape index (κ1) is 18.7. The summed E-state index contributed by atoms with van der Waals surface area (Å²) in [6.07, 6.45) is 4.14. The van der Waals surface area contributed by atoms with Gasteiger partial charge < -0.3 is 10.2 Å². The molecule has 0 saturated heterocycles. The Balaban J connectivity index is 1.30. The number of hydrogen-bond donors (Lipinski definition) is 1. The van der Waals surface area contributed by atoms with Crippen LogP contribution in [0, 0.1) is 18.8 Å². The van der Waals surface area contributed by atoms with Crippen LogP contribution in [0.25, 0.3) is 0 Å². The van der Waals surface area contributed by atoms with E-state index >= 15 is 0 Å².